The Bertz CT molecular complexity index is 213. The third-order valence-corrected chi connectivity index (χ3v) is 4.50. The quantitative estimate of drug-likeness (QED) is 0.721. The molecule has 2 nitrogen and oxygen atoms in total. The van der Waals surface area contributed by atoms with Crippen molar-refractivity contribution in [2.75, 3.05) is 13.7 Å². The first-order valence-electron chi connectivity index (χ1n) is 7.14. The summed E-state index contributed by atoms with van der Waals surface area (Å²) in [6.07, 6.45) is 6.93. The van der Waals surface area contributed by atoms with E-state index in [4.69, 9.17) is 4.74 Å². The molecule has 0 heterocycles. The number of aliphatic hydroxyl groups is 1. The molecule has 1 aliphatic carbocycles. The second kappa shape index (κ2) is 6.75. The molecule has 3 atom stereocenters. The number of unbranched alkanes of at least 4 members (excludes halogenated alkanes) is 1. The van der Waals surface area contributed by atoms with Gasteiger partial charge in [-0.1, -0.05) is 33.6 Å². The minimum Gasteiger partial charge on any atom is -0.393 e. The molecule has 0 aliphatic heterocycles. The molecule has 3 unspecified atom stereocenters. The largest absolute Gasteiger partial charge is 0.393 e. The Morgan fingerprint density at radius 2 is 1.94 bits per heavy atom. The van der Waals surface area contributed by atoms with Gasteiger partial charge in [-0.05, 0) is 42.9 Å². The van der Waals surface area contributed by atoms with Crippen LogP contribution in [0.3, 0.4) is 0 Å². The van der Waals surface area contributed by atoms with E-state index < -0.39 is 0 Å². The molecule has 0 amide bonds. The lowest BCUT2D eigenvalue weighted by atomic mass is 9.65. The van der Waals surface area contributed by atoms with Gasteiger partial charge < -0.3 is 9.84 Å². The molecule has 1 aliphatic rings. The maximum atomic E-state index is 10.3. The average Bonchev–Trinajstić information content (AvgIpc) is 2.24. The number of rotatable bonds is 6. The van der Waals surface area contributed by atoms with Crippen molar-refractivity contribution in [3.05, 3.63) is 0 Å². The van der Waals surface area contributed by atoms with Crippen LogP contribution in [0.25, 0.3) is 0 Å². The Hall–Kier alpha value is -0.0800. The van der Waals surface area contributed by atoms with Gasteiger partial charge in [-0.15, -0.1) is 0 Å². The fraction of sp³-hybridized carbons (Fsp3) is 1.00. The van der Waals surface area contributed by atoms with Gasteiger partial charge in [0.1, 0.15) is 0 Å². The molecule has 0 radical (unpaired) electrons. The van der Waals surface area contributed by atoms with E-state index in [0.29, 0.717) is 11.8 Å². The maximum Gasteiger partial charge on any atom is 0.0576 e. The molecule has 1 saturated carbocycles. The molecule has 102 valence electrons. The van der Waals surface area contributed by atoms with Crippen LogP contribution in [-0.2, 0) is 4.74 Å². The van der Waals surface area contributed by atoms with Crippen molar-refractivity contribution in [3.63, 3.8) is 0 Å². The Morgan fingerprint density at radius 1 is 1.24 bits per heavy atom. The molecule has 0 aromatic heterocycles. The zero-order chi connectivity index (χ0) is 12.9. The van der Waals surface area contributed by atoms with Crippen LogP contribution >= 0.6 is 0 Å². The highest BCUT2D eigenvalue weighted by Crippen LogP contribution is 2.43. The standard InChI is InChI=1S/C15H30O2/c1-12-7-8-13(14(16)11-12)15(2,3)9-5-6-10-17-4/h12-14,16H,5-11H2,1-4H3. The van der Waals surface area contributed by atoms with E-state index in [9.17, 15) is 5.11 Å². The summed E-state index contributed by atoms with van der Waals surface area (Å²) in [5.74, 6) is 1.19. The molecule has 2 heteroatoms. The van der Waals surface area contributed by atoms with Gasteiger partial charge in [-0.2, -0.15) is 0 Å². The highest BCUT2D eigenvalue weighted by molar-refractivity contribution is 4.87. The summed E-state index contributed by atoms with van der Waals surface area (Å²) in [4.78, 5) is 0. The second-order valence-corrected chi connectivity index (χ2v) is 6.53. The molecule has 0 saturated heterocycles. The fourth-order valence-corrected chi connectivity index (χ4v) is 3.27. The monoisotopic (exact) mass is 242 g/mol. The molecule has 1 N–H and O–H groups in total. The van der Waals surface area contributed by atoms with Crippen LogP contribution in [0.1, 0.15) is 59.3 Å². The first kappa shape index (κ1) is 15.0. The van der Waals surface area contributed by atoms with Gasteiger partial charge in [0.15, 0.2) is 0 Å². The van der Waals surface area contributed by atoms with Gasteiger partial charge in [0.05, 0.1) is 6.10 Å². The highest BCUT2D eigenvalue weighted by atomic mass is 16.5. The van der Waals surface area contributed by atoms with E-state index in [-0.39, 0.29) is 11.5 Å². The Labute approximate surface area is 107 Å². The number of methoxy groups -OCH3 is 1. The highest BCUT2D eigenvalue weighted by Gasteiger charge is 2.37. The van der Waals surface area contributed by atoms with Crippen molar-refractivity contribution in [3.8, 4) is 0 Å². The van der Waals surface area contributed by atoms with Crippen molar-refractivity contribution in [1.82, 2.24) is 0 Å². The number of hydrogen-bond donors (Lipinski definition) is 1. The van der Waals surface area contributed by atoms with Crippen LogP contribution in [0.2, 0.25) is 0 Å². The van der Waals surface area contributed by atoms with Gasteiger partial charge in [0, 0.05) is 13.7 Å². The summed E-state index contributed by atoms with van der Waals surface area (Å²) < 4.78 is 5.09. The number of aliphatic hydroxyl groups excluding tert-OH is 1. The van der Waals surface area contributed by atoms with Crippen molar-refractivity contribution in [2.45, 2.75) is 65.4 Å². The van der Waals surface area contributed by atoms with Crippen molar-refractivity contribution in [1.29, 1.82) is 0 Å². The zero-order valence-corrected chi connectivity index (χ0v) is 12.0. The third kappa shape index (κ3) is 4.59. The topological polar surface area (TPSA) is 29.5 Å². The van der Waals surface area contributed by atoms with Gasteiger partial charge in [0.25, 0.3) is 0 Å². The van der Waals surface area contributed by atoms with E-state index in [2.05, 4.69) is 20.8 Å². The third-order valence-electron chi connectivity index (χ3n) is 4.50. The van der Waals surface area contributed by atoms with Crippen LogP contribution in [0.5, 0.6) is 0 Å². The zero-order valence-electron chi connectivity index (χ0n) is 12.0. The normalized spacial score (nSPS) is 30.5. The lowest BCUT2D eigenvalue weighted by molar-refractivity contribution is -0.0172. The van der Waals surface area contributed by atoms with Crippen LogP contribution in [0.15, 0.2) is 0 Å². The van der Waals surface area contributed by atoms with Crippen LogP contribution in [0.4, 0.5) is 0 Å². The molecule has 0 spiro atoms. The van der Waals surface area contributed by atoms with Crippen LogP contribution in [0, 0.1) is 17.3 Å². The lowest BCUT2D eigenvalue weighted by Crippen LogP contribution is -2.38. The van der Waals surface area contributed by atoms with Gasteiger partial charge in [-0.25, -0.2) is 0 Å². The van der Waals surface area contributed by atoms with Gasteiger partial charge in [-0.3, -0.25) is 0 Å². The summed E-state index contributed by atoms with van der Waals surface area (Å²) in [5, 5.41) is 10.3. The van der Waals surface area contributed by atoms with Crippen LogP contribution in [-0.4, -0.2) is 24.9 Å². The molecular weight excluding hydrogens is 212 g/mol. The lowest BCUT2D eigenvalue weighted by Gasteiger charge is -2.42. The molecule has 0 aromatic carbocycles. The summed E-state index contributed by atoms with van der Waals surface area (Å²) in [5.41, 5.74) is 0.271. The summed E-state index contributed by atoms with van der Waals surface area (Å²) in [7, 11) is 1.76. The molecular formula is C15H30O2. The second-order valence-electron chi connectivity index (χ2n) is 6.53. The predicted octanol–water partition coefficient (Wildman–Crippen LogP) is 3.63. The first-order valence-corrected chi connectivity index (χ1v) is 7.14. The summed E-state index contributed by atoms with van der Waals surface area (Å²) in [6.45, 7) is 7.76. The van der Waals surface area contributed by atoms with E-state index in [1.165, 1.54) is 25.7 Å². The molecule has 0 bridgehead atoms. The fourth-order valence-electron chi connectivity index (χ4n) is 3.27. The molecule has 1 rings (SSSR count). The predicted molar refractivity (Wildman–Crippen MR) is 72.0 cm³/mol. The van der Waals surface area contributed by atoms with E-state index >= 15 is 0 Å². The van der Waals surface area contributed by atoms with Gasteiger partial charge in [0.2, 0.25) is 0 Å². The van der Waals surface area contributed by atoms with E-state index in [1.807, 2.05) is 0 Å². The van der Waals surface area contributed by atoms with Crippen molar-refractivity contribution >= 4 is 0 Å². The summed E-state index contributed by atoms with van der Waals surface area (Å²) in [6, 6.07) is 0. The van der Waals surface area contributed by atoms with Gasteiger partial charge >= 0.3 is 0 Å². The van der Waals surface area contributed by atoms with E-state index in [0.717, 1.165) is 19.4 Å². The number of ether oxygens (including phenoxy) is 1. The van der Waals surface area contributed by atoms with Crippen LogP contribution < -0.4 is 0 Å². The Morgan fingerprint density at radius 3 is 2.53 bits per heavy atom. The Kier molecular flexibility index (Phi) is 5.94. The van der Waals surface area contributed by atoms with Crippen molar-refractivity contribution in [2.24, 2.45) is 17.3 Å². The maximum absolute atomic E-state index is 10.3. The molecule has 17 heavy (non-hydrogen) atoms. The minimum absolute atomic E-state index is 0.0869. The molecule has 0 aromatic rings. The van der Waals surface area contributed by atoms with Crippen molar-refractivity contribution < 1.29 is 9.84 Å². The van der Waals surface area contributed by atoms with E-state index in [1.54, 1.807) is 7.11 Å². The summed E-state index contributed by atoms with van der Waals surface area (Å²) >= 11 is 0. The number of hydrogen-bond acceptors (Lipinski definition) is 2. The first-order chi connectivity index (χ1) is 7.97. The minimum atomic E-state index is -0.0869. The average molecular weight is 242 g/mol. The smallest absolute Gasteiger partial charge is 0.0576 e. The SMILES string of the molecule is COCCCCC(C)(C)C1CCC(C)CC1O. The Balaban J connectivity index is 2.40. The molecule has 1 fully saturated rings.